The van der Waals surface area contributed by atoms with Crippen molar-refractivity contribution in [2.45, 2.75) is 0 Å². The van der Waals surface area contributed by atoms with Crippen LogP contribution in [0.1, 0.15) is 0 Å². The van der Waals surface area contributed by atoms with Crippen molar-refractivity contribution in [1.29, 1.82) is 0 Å². The summed E-state index contributed by atoms with van der Waals surface area (Å²) >= 11 is 0. The Bertz CT molecular complexity index is 68.6. The maximum Gasteiger partial charge on any atom is 0.101 e. The lowest BCUT2D eigenvalue weighted by Gasteiger charge is -2.21. The number of hydrogen-bond donors (Lipinski definition) is 3. The summed E-state index contributed by atoms with van der Waals surface area (Å²) in [7, 11) is 6.16. The Morgan fingerprint density at radius 2 is 1.45 bits per heavy atom. The Morgan fingerprint density at radius 3 is 1.45 bits per heavy atom. The molecule has 0 saturated carbocycles. The van der Waals surface area contributed by atoms with Crippen LogP contribution in [0.4, 0.5) is 0 Å². The summed E-state index contributed by atoms with van der Waals surface area (Å²) in [6.07, 6.45) is 0. The van der Waals surface area contributed by atoms with Gasteiger partial charge in [0, 0.05) is 13.1 Å². The van der Waals surface area contributed by atoms with Gasteiger partial charge in [-0.05, 0) is 0 Å². The first-order valence-corrected chi connectivity index (χ1v) is 3.79. The number of nitrogens with two attached hydrogens (primary N) is 2. The standard InChI is InChI=1S/C5H14NO.C2H8N2/c1-6(2,3)4-5-7;3-1-2-4/h7H,4-5H2,1-3H3;1-4H2/q+1;. The van der Waals surface area contributed by atoms with Gasteiger partial charge in [0.25, 0.3) is 0 Å². The van der Waals surface area contributed by atoms with Crippen LogP contribution < -0.4 is 11.5 Å². The molecule has 0 aliphatic heterocycles. The van der Waals surface area contributed by atoms with E-state index >= 15 is 0 Å². The van der Waals surface area contributed by atoms with E-state index in [1.54, 1.807) is 0 Å². The second-order valence-corrected chi connectivity index (χ2v) is 3.31. The average molecular weight is 164 g/mol. The van der Waals surface area contributed by atoms with Crippen LogP contribution >= 0.6 is 0 Å². The molecular weight excluding hydrogens is 142 g/mol. The molecule has 0 radical (unpaired) electrons. The number of nitrogens with zero attached hydrogens (tertiary/aromatic N) is 1. The summed E-state index contributed by atoms with van der Waals surface area (Å²) in [5.74, 6) is 0. The minimum absolute atomic E-state index is 0.281. The molecular formula is C7H22N3O+. The van der Waals surface area contributed by atoms with Crippen LogP contribution in [0.2, 0.25) is 0 Å². The zero-order chi connectivity index (χ0) is 9.33. The third-order valence-electron chi connectivity index (χ3n) is 0.937. The van der Waals surface area contributed by atoms with E-state index in [1.165, 1.54) is 0 Å². The number of aliphatic hydroxyl groups excluding tert-OH is 1. The normalized spacial score (nSPS) is 10.4. The Morgan fingerprint density at radius 1 is 1.09 bits per heavy atom. The van der Waals surface area contributed by atoms with Gasteiger partial charge in [-0.2, -0.15) is 0 Å². The Kier molecular flexibility index (Phi) is 9.70. The van der Waals surface area contributed by atoms with Gasteiger partial charge in [-0.1, -0.05) is 0 Å². The first-order chi connectivity index (χ1) is 4.97. The number of aliphatic hydroxyl groups is 1. The highest BCUT2D eigenvalue weighted by molar-refractivity contribution is 4.26. The molecule has 0 atom stereocenters. The van der Waals surface area contributed by atoms with E-state index in [0.717, 1.165) is 11.0 Å². The van der Waals surface area contributed by atoms with E-state index in [9.17, 15) is 0 Å². The van der Waals surface area contributed by atoms with E-state index in [1.807, 2.05) is 0 Å². The molecule has 0 aliphatic rings. The van der Waals surface area contributed by atoms with Crippen LogP contribution in [-0.4, -0.2) is 57.0 Å². The van der Waals surface area contributed by atoms with E-state index in [4.69, 9.17) is 16.6 Å². The molecule has 11 heavy (non-hydrogen) atoms. The Balaban J connectivity index is 0. The predicted octanol–water partition coefficient (Wildman–Crippen LogP) is -1.41. The zero-order valence-electron chi connectivity index (χ0n) is 7.88. The van der Waals surface area contributed by atoms with Crippen LogP contribution in [0.3, 0.4) is 0 Å². The SMILES string of the molecule is C[N+](C)(C)CCO.NCCN. The average Bonchev–Trinajstić information content (AvgIpc) is 1.86. The molecule has 0 bridgehead atoms. The molecule has 0 aliphatic carbocycles. The molecule has 0 saturated heterocycles. The highest BCUT2D eigenvalue weighted by Crippen LogP contribution is 1.84. The smallest absolute Gasteiger partial charge is 0.101 e. The van der Waals surface area contributed by atoms with Gasteiger partial charge < -0.3 is 21.1 Å². The van der Waals surface area contributed by atoms with Crippen LogP contribution in [0, 0.1) is 0 Å². The number of rotatable bonds is 3. The summed E-state index contributed by atoms with van der Waals surface area (Å²) in [5, 5.41) is 8.39. The van der Waals surface area contributed by atoms with Crippen molar-refractivity contribution in [3.8, 4) is 0 Å². The predicted molar refractivity (Wildman–Crippen MR) is 48.1 cm³/mol. The molecule has 0 aromatic carbocycles. The number of quaternary nitrogens is 1. The Labute approximate surface area is 69.4 Å². The largest absolute Gasteiger partial charge is 0.391 e. The summed E-state index contributed by atoms with van der Waals surface area (Å²) in [6, 6.07) is 0. The second-order valence-electron chi connectivity index (χ2n) is 3.31. The third kappa shape index (κ3) is 25.8. The highest BCUT2D eigenvalue weighted by atomic mass is 16.3. The summed E-state index contributed by atoms with van der Waals surface area (Å²) in [4.78, 5) is 0. The van der Waals surface area contributed by atoms with Crippen LogP contribution in [0.5, 0.6) is 0 Å². The van der Waals surface area contributed by atoms with Gasteiger partial charge in [-0.25, -0.2) is 0 Å². The van der Waals surface area contributed by atoms with Crippen molar-refractivity contribution in [2.75, 3.05) is 47.4 Å². The fourth-order valence-electron chi connectivity index (χ4n) is 0.300. The molecule has 0 spiro atoms. The maximum absolute atomic E-state index is 8.39. The van der Waals surface area contributed by atoms with Crippen molar-refractivity contribution in [3.05, 3.63) is 0 Å². The summed E-state index contributed by atoms with van der Waals surface area (Å²) in [6.45, 7) is 2.31. The van der Waals surface area contributed by atoms with Crippen molar-refractivity contribution in [3.63, 3.8) is 0 Å². The quantitative estimate of drug-likeness (QED) is 0.449. The van der Waals surface area contributed by atoms with Crippen molar-refractivity contribution >= 4 is 0 Å². The van der Waals surface area contributed by atoms with Gasteiger partial charge in [-0.15, -0.1) is 0 Å². The summed E-state index contributed by atoms with van der Waals surface area (Å²) in [5.41, 5.74) is 9.81. The highest BCUT2D eigenvalue weighted by Gasteiger charge is 2.02. The van der Waals surface area contributed by atoms with Gasteiger partial charge in [-0.3, -0.25) is 0 Å². The first kappa shape index (κ1) is 13.4. The van der Waals surface area contributed by atoms with E-state index < -0.39 is 0 Å². The molecule has 0 heterocycles. The van der Waals surface area contributed by atoms with Gasteiger partial charge in [0.05, 0.1) is 27.7 Å². The number of likely N-dealkylation sites (N-methyl/N-ethyl adjacent to an activating group) is 1. The van der Waals surface area contributed by atoms with Gasteiger partial charge in [0.1, 0.15) is 6.54 Å². The maximum atomic E-state index is 8.39. The third-order valence-corrected chi connectivity index (χ3v) is 0.937. The fraction of sp³-hybridized carbons (Fsp3) is 1.00. The molecule has 4 nitrogen and oxygen atoms in total. The topological polar surface area (TPSA) is 72.3 Å². The van der Waals surface area contributed by atoms with Crippen molar-refractivity contribution in [1.82, 2.24) is 0 Å². The molecule has 70 valence electrons. The lowest BCUT2D eigenvalue weighted by atomic mass is 10.5. The fourth-order valence-corrected chi connectivity index (χ4v) is 0.300. The van der Waals surface area contributed by atoms with Crippen LogP contribution in [0.25, 0.3) is 0 Å². The molecule has 0 aromatic heterocycles. The lowest BCUT2D eigenvalue weighted by Crippen LogP contribution is -2.36. The molecule has 0 rings (SSSR count). The van der Waals surface area contributed by atoms with Gasteiger partial charge in [0.15, 0.2) is 0 Å². The molecule has 5 N–H and O–H groups in total. The number of hydrogen-bond acceptors (Lipinski definition) is 3. The first-order valence-electron chi connectivity index (χ1n) is 3.79. The monoisotopic (exact) mass is 164 g/mol. The minimum atomic E-state index is 0.281. The van der Waals surface area contributed by atoms with Crippen molar-refractivity contribution in [2.24, 2.45) is 11.5 Å². The van der Waals surface area contributed by atoms with E-state index in [2.05, 4.69) is 21.1 Å². The van der Waals surface area contributed by atoms with Gasteiger partial charge in [0.2, 0.25) is 0 Å². The molecule has 0 unspecified atom stereocenters. The molecule has 4 heteroatoms. The van der Waals surface area contributed by atoms with E-state index in [-0.39, 0.29) is 6.61 Å². The van der Waals surface area contributed by atoms with Crippen molar-refractivity contribution < 1.29 is 9.59 Å². The second kappa shape index (κ2) is 7.94. The van der Waals surface area contributed by atoms with Crippen LogP contribution in [-0.2, 0) is 0 Å². The minimum Gasteiger partial charge on any atom is -0.391 e. The zero-order valence-corrected chi connectivity index (χ0v) is 7.88. The Hall–Kier alpha value is -0.160. The molecule has 0 aromatic rings. The molecule has 0 fully saturated rings. The molecule has 0 amide bonds. The lowest BCUT2D eigenvalue weighted by molar-refractivity contribution is -0.870. The van der Waals surface area contributed by atoms with Gasteiger partial charge >= 0.3 is 0 Å². The van der Waals surface area contributed by atoms with Crippen LogP contribution in [0.15, 0.2) is 0 Å². The summed E-state index contributed by atoms with van der Waals surface area (Å²) < 4.78 is 0.844. The van der Waals surface area contributed by atoms with E-state index in [0.29, 0.717) is 13.1 Å².